The molecule has 2 saturated carbocycles. The summed E-state index contributed by atoms with van der Waals surface area (Å²) in [6, 6.07) is 0. The molecule has 0 aromatic rings. The molecule has 1 heterocycles. The summed E-state index contributed by atoms with van der Waals surface area (Å²) in [5.41, 5.74) is 0. The van der Waals surface area contributed by atoms with E-state index >= 15 is 0 Å². The van der Waals surface area contributed by atoms with Crippen molar-refractivity contribution < 1.29 is 14.4 Å². The highest BCUT2D eigenvalue weighted by atomic mass is 35.5. The van der Waals surface area contributed by atoms with Crippen LogP contribution in [0, 0.1) is 35.5 Å². The summed E-state index contributed by atoms with van der Waals surface area (Å²) in [5.74, 6) is 0.745. The van der Waals surface area contributed by atoms with E-state index in [0.717, 1.165) is 11.3 Å². The highest BCUT2D eigenvalue weighted by Gasteiger charge is 2.66. The topological polar surface area (TPSA) is 54.5 Å². The second-order valence-corrected chi connectivity index (χ2v) is 6.19. The monoisotopic (exact) mass is 265 g/mol. The van der Waals surface area contributed by atoms with Gasteiger partial charge in [-0.15, -0.1) is 0 Å². The number of rotatable bonds is 2. The average Bonchev–Trinajstić information content (AvgIpc) is 3.11. The van der Waals surface area contributed by atoms with Crippen molar-refractivity contribution in [1.29, 1.82) is 0 Å². The zero-order valence-electron chi connectivity index (χ0n) is 9.58. The predicted octanol–water partition coefficient (Wildman–Crippen LogP) is 0.805. The van der Waals surface area contributed by atoms with Gasteiger partial charge in [-0.05, 0) is 41.7 Å². The van der Waals surface area contributed by atoms with Gasteiger partial charge in [0.05, 0.1) is 11.8 Å². The summed E-state index contributed by atoms with van der Waals surface area (Å²) in [7, 11) is 0. The molecule has 0 radical (unpaired) electrons. The SMILES string of the molecule is O=C(Cl)CN1C(=O)C2C3C=CC(C4CC34)C2C1=O. The molecule has 5 aliphatic rings. The normalized spacial score (nSPS) is 47.3. The van der Waals surface area contributed by atoms with Crippen LogP contribution in [0.3, 0.4) is 0 Å². The molecule has 4 aliphatic carbocycles. The molecule has 1 saturated heterocycles. The van der Waals surface area contributed by atoms with Crippen LogP contribution in [0.1, 0.15) is 6.42 Å². The molecule has 2 amide bonds. The largest absolute Gasteiger partial charge is 0.279 e. The molecule has 1 aliphatic heterocycles. The van der Waals surface area contributed by atoms with E-state index in [1.807, 2.05) is 0 Å². The van der Waals surface area contributed by atoms with Crippen LogP contribution in [-0.4, -0.2) is 28.5 Å². The van der Waals surface area contributed by atoms with Gasteiger partial charge in [0.1, 0.15) is 6.54 Å². The third kappa shape index (κ3) is 1.14. The standard InChI is InChI=1S/C13H12ClNO3/c14-9(16)4-15-12(17)10-5-1-2-6(8-3-7(5)8)11(10)13(15)18/h1-2,5-8,10-11H,3-4H2. The Balaban J connectivity index is 1.72. The van der Waals surface area contributed by atoms with Crippen molar-refractivity contribution in [2.24, 2.45) is 35.5 Å². The van der Waals surface area contributed by atoms with Crippen molar-refractivity contribution >= 4 is 28.7 Å². The first-order valence-corrected chi connectivity index (χ1v) is 6.69. The molecule has 2 bridgehead atoms. The zero-order chi connectivity index (χ0) is 12.6. The number of nitrogens with zero attached hydrogens (tertiary/aromatic N) is 1. The molecule has 0 spiro atoms. The summed E-state index contributed by atoms with van der Waals surface area (Å²) < 4.78 is 0. The highest BCUT2D eigenvalue weighted by Crippen LogP contribution is 2.65. The van der Waals surface area contributed by atoms with Crippen LogP contribution in [-0.2, 0) is 14.4 Å². The van der Waals surface area contributed by atoms with Crippen LogP contribution in [0.15, 0.2) is 12.2 Å². The van der Waals surface area contributed by atoms with Gasteiger partial charge in [-0.25, -0.2) is 0 Å². The van der Waals surface area contributed by atoms with Gasteiger partial charge in [0.15, 0.2) is 0 Å². The van der Waals surface area contributed by atoms with Crippen LogP contribution >= 0.6 is 11.6 Å². The highest BCUT2D eigenvalue weighted by molar-refractivity contribution is 6.64. The molecule has 0 aromatic carbocycles. The van der Waals surface area contributed by atoms with Crippen molar-refractivity contribution in [1.82, 2.24) is 4.90 Å². The summed E-state index contributed by atoms with van der Waals surface area (Å²) in [4.78, 5) is 36.6. The Labute approximate surface area is 109 Å². The van der Waals surface area contributed by atoms with Crippen LogP contribution in [0.5, 0.6) is 0 Å². The lowest BCUT2D eigenvalue weighted by Gasteiger charge is -2.37. The van der Waals surface area contributed by atoms with E-state index in [0.29, 0.717) is 11.8 Å². The molecular weight excluding hydrogens is 254 g/mol. The zero-order valence-corrected chi connectivity index (χ0v) is 10.3. The van der Waals surface area contributed by atoms with Crippen molar-refractivity contribution in [2.45, 2.75) is 6.42 Å². The van der Waals surface area contributed by atoms with Gasteiger partial charge in [-0.1, -0.05) is 12.2 Å². The quantitative estimate of drug-likeness (QED) is 0.422. The van der Waals surface area contributed by atoms with Crippen LogP contribution in [0.25, 0.3) is 0 Å². The maximum absolute atomic E-state index is 12.3. The minimum absolute atomic E-state index is 0.191. The lowest BCUT2D eigenvalue weighted by Crippen LogP contribution is -2.40. The minimum atomic E-state index is -0.652. The predicted molar refractivity (Wildman–Crippen MR) is 62.3 cm³/mol. The fraction of sp³-hybridized carbons (Fsp3) is 0.615. The van der Waals surface area contributed by atoms with E-state index in [-0.39, 0.29) is 42.0 Å². The number of amides is 2. The van der Waals surface area contributed by atoms with Gasteiger partial charge in [-0.3, -0.25) is 19.3 Å². The Morgan fingerprint density at radius 3 is 2.11 bits per heavy atom. The molecule has 18 heavy (non-hydrogen) atoms. The summed E-state index contributed by atoms with van der Waals surface area (Å²) in [6.07, 6.45) is 5.36. The van der Waals surface area contributed by atoms with Crippen molar-refractivity contribution in [3.63, 3.8) is 0 Å². The van der Waals surface area contributed by atoms with E-state index in [1.165, 1.54) is 0 Å². The van der Waals surface area contributed by atoms with Crippen molar-refractivity contribution in [3.8, 4) is 0 Å². The van der Waals surface area contributed by atoms with Crippen molar-refractivity contribution in [2.75, 3.05) is 6.54 Å². The Bertz CT molecular complexity index is 478. The van der Waals surface area contributed by atoms with Crippen LogP contribution in [0.2, 0.25) is 0 Å². The second kappa shape index (κ2) is 3.23. The first-order valence-electron chi connectivity index (χ1n) is 6.31. The molecule has 5 heteroatoms. The van der Waals surface area contributed by atoms with Gasteiger partial charge in [0.25, 0.3) is 0 Å². The molecule has 94 valence electrons. The fourth-order valence-electron chi connectivity index (χ4n) is 4.30. The van der Waals surface area contributed by atoms with Gasteiger partial charge < -0.3 is 0 Å². The molecule has 6 unspecified atom stereocenters. The number of hydrogen-bond donors (Lipinski definition) is 0. The second-order valence-electron chi connectivity index (χ2n) is 5.77. The summed E-state index contributed by atoms with van der Waals surface area (Å²) >= 11 is 5.31. The van der Waals surface area contributed by atoms with Crippen LogP contribution < -0.4 is 0 Å². The third-order valence-corrected chi connectivity index (χ3v) is 5.16. The van der Waals surface area contributed by atoms with Gasteiger partial charge in [0, 0.05) is 0 Å². The van der Waals surface area contributed by atoms with E-state index in [1.54, 1.807) is 0 Å². The number of likely N-dealkylation sites (tertiary alicyclic amines) is 1. The first-order chi connectivity index (χ1) is 8.59. The minimum Gasteiger partial charge on any atom is -0.279 e. The van der Waals surface area contributed by atoms with Gasteiger partial charge in [-0.2, -0.15) is 0 Å². The van der Waals surface area contributed by atoms with Crippen LogP contribution in [0.4, 0.5) is 0 Å². The fourth-order valence-corrected chi connectivity index (χ4v) is 4.42. The lowest BCUT2D eigenvalue weighted by molar-refractivity contribution is -0.142. The number of carbonyl (C=O) groups is 3. The molecule has 6 atom stereocenters. The number of allylic oxidation sites excluding steroid dienone is 2. The molecule has 5 rings (SSSR count). The number of imide groups is 1. The molecule has 3 fully saturated rings. The third-order valence-electron chi connectivity index (χ3n) is 5.04. The Kier molecular flexibility index (Phi) is 1.93. The Morgan fingerprint density at radius 2 is 1.67 bits per heavy atom. The van der Waals surface area contributed by atoms with Crippen molar-refractivity contribution in [3.05, 3.63) is 12.2 Å². The van der Waals surface area contributed by atoms with Gasteiger partial charge >= 0.3 is 0 Å². The first kappa shape index (κ1) is 10.7. The average molecular weight is 266 g/mol. The van der Waals surface area contributed by atoms with E-state index in [4.69, 9.17) is 11.6 Å². The number of halogens is 1. The molecule has 0 N–H and O–H groups in total. The number of carbonyl (C=O) groups excluding carboxylic acids is 3. The molecule has 4 nitrogen and oxygen atoms in total. The maximum Gasteiger partial charge on any atom is 0.241 e. The molecule has 0 aromatic heterocycles. The smallest absolute Gasteiger partial charge is 0.241 e. The lowest BCUT2D eigenvalue weighted by atomic mass is 9.63. The maximum atomic E-state index is 12.3. The van der Waals surface area contributed by atoms with Gasteiger partial charge in [0.2, 0.25) is 17.1 Å². The van der Waals surface area contributed by atoms with E-state index in [2.05, 4.69) is 12.2 Å². The van der Waals surface area contributed by atoms with E-state index < -0.39 is 5.24 Å². The number of hydrogen-bond acceptors (Lipinski definition) is 3. The summed E-state index contributed by atoms with van der Waals surface area (Å²) in [6.45, 7) is -0.277. The van der Waals surface area contributed by atoms with E-state index in [9.17, 15) is 14.4 Å². The Hall–Kier alpha value is -1.16. The Morgan fingerprint density at radius 1 is 1.17 bits per heavy atom. The molecular formula is C13H12ClNO3. The summed E-state index contributed by atoms with van der Waals surface area (Å²) in [5, 5.41) is -0.652.